The van der Waals surface area contributed by atoms with E-state index in [-0.39, 0.29) is 0 Å². The highest BCUT2D eigenvalue weighted by Gasteiger charge is 2.48. The first-order valence-electron chi connectivity index (χ1n) is 12.5. The Morgan fingerprint density at radius 2 is 0.490 bits per heavy atom. The van der Waals surface area contributed by atoms with Crippen LogP contribution in [0.1, 0.15) is 0 Å². The van der Waals surface area contributed by atoms with Crippen LogP contribution in [0.4, 0.5) is 52.7 Å². The summed E-state index contributed by atoms with van der Waals surface area (Å²) in [5.41, 5.74) is -15.5. The minimum Gasteiger partial charge on any atom is -0.281 e. The van der Waals surface area contributed by atoms with Crippen LogP contribution in [-0.4, -0.2) is 35.9 Å². The molecule has 0 fully saturated rings. The van der Waals surface area contributed by atoms with Gasteiger partial charge in [-0.25, -0.2) is 13.2 Å². The molecule has 1 aromatic carbocycles. The standard InChI is InChI=1S/C30F12N6O3/c31-22(25(49)28(34,35)36)13-7(1-43)16-17(8(13)2-44)19-11(5-47)15(24(33)27(51)30(40,41)42)12(6-48)21(19)20-10(4-46)14(9(3-45)18(16)20)23(32)26(50)29(37,38)39. The van der Waals surface area contributed by atoms with Gasteiger partial charge in [0, 0.05) is 31.3 Å². The number of carbonyl (C=O) groups is 3. The number of Topliss-reactive ketones (excluding diaryl/α,β-unsaturated/α-hetero) is 3. The fourth-order valence-electron chi connectivity index (χ4n) is 5.42. The van der Waals surface area contributed by atoms with Crippen molar-refractivity contribution in [3.05, 3.63) is 65.5 Å². The summed E-state index contributed by atoms with van der Waals surface area (Å²) in [6.07, 6.45) is -18.3. The molecule has 3 aliphatic carbocycles. The quantitative estimate of drug-likeness (QED) is 0.321. The van der Waals surface area contributed by atoms with Gasteiger partial charge in [-0.3, -0.25) is 14.4 Å². The number of hydrogen-bond donors (Lipinski definition) is 0. The Morgan fingerprint density at radius 1 is 0.353 bits per heavy atom. The lowest BCUT2D eigenvalue weighted by atomic mass is 9.99. The van der Waals surface area contributed by atoms with E-state index in [4.69, 9.17) is 0 Å². The van der Waals surface area contributed by atoms with E-state index in [0.717, 1.165) is 36.4 Å². The van der Waals surface area contributed by atoms with Crippen molar-refractivity contribution in [2.75, 3.05) is 0 Å². The number of halogens is 12. The molecule has 0 radical (unpaired) electrons. The second-order valence-electron chi connectivity index (χ2n) is 9.72. The van der Waals surface area contributed by atoms with Crippen LogP contribution in [0, 0.1) is 68.0 Å². The molecule has 0 heterocycles. The summed E-state index contributed by atoms with van der Waals surface area (Å²) in [5, 5.41) is 51.6. The maximum Gasteiger partial charge on any atom is 0.457 e. The van der Waals surface area contributed by atoms with E-state index >= 15 is 13.2 Å². The lowest BCUT2D eigenvalue weighted by Crippen LogP contribution is -2.65. The number of nitrogens with zero attached hydrogens (tertiary/aromatic N) is 6. The van der Waals surface area contributed by atoms with Crippen molar-refractivity contribution < 1.29 is 67.1 Å². The van der Waals surface area contributed by atoms with E-state index in [2.05, 4.69) is 0 Å². The van der Waals surface area contributed by atoms with Crippen molar-refractivity contribution in [1.82, 2.24) is 0 Å². The third kappa shape index (κ3) is 5.04. The molecule has 0 saturated carbocycles. The van der Waals surface area contributed by atoms with Crippen LogP contribution < -0.4 is 31.3 Å². The Balaban J connectivity index is 2.76. The Hall–Kier alpha value is -7.23. The highest BCUT2D eigenvalue weighted by atomic mass is 19.4. The highest BCUT2D eigenvalue weighted by Crippen LogP contribution is 2.35. The van der Waals surface area contributed by atoms with Crippen molar-refractivity contribution in [2.45, 2.75) is 18.5 Å². The number of alkyl halides is 9. The number of nitriles is 6. The van der Waals surface area contributed by atoms with Gasteiger partial charge in [-0.2, -0.15) is 71.1 Å². The Bertz CT molecular complexity index is 2310. The second-order valence-corrected chi connectivity index (χ2v) is 9.72. The molecule has 0 bridgehead atoms. The zero-order chi connectivity index (χ0) is 38.9. The third-order valence-electron chi connectivity index (χ3n) is 7.20. The predicted octanol–water partition coefficient (Wildman–Crippen LogP) is 0.838. The molecule has 51 heavy (non-hydrogen) atoms. The summed E-state index contributed by atoms with van der Waals surface area (Å²) in [4.78, 5) is 35.8. The minimum absolute atomic E-state index is 1.04. The van der Waals surface area contributed by atoms with Crippen molar-refractivity contribution in [3.63, 3.8) is 0 Å². The number of rotatable bonds is 3. The molecule has 21 heteroatoms. The number of ketones is 3. The molecule has 0 unspecified atom stereocenters. The van der Waals surface area contributed by atoms with Gasteiger partial charge >= 0.3 is 18.5 Å². The largest absolute Gasteiger partial charge is 0.457 e. The minimum atomic E-state index is -6.11. The predicted molar refractivity (Wildman–Crippen MR) is 136 cm³/mol. The lowest BCUT2D eigenvalue weighted by Gasteiger charge is -2.06. The van der Waals surface area contributed by atoms with Crippen LogP contribution >= 0.6 is 0 Å². The van der Waals surface area contributed by atoms with E-state index in [1.54, 1.807) is 0 Å². The number of allylic oxidation sites excluding steroid dienone is 6. The first-order valence-corrected chi connectivity index (χ1v) is 12.5. The van der Waals surface area contributed by atoms with E-state index in [1.165, 1.54) is 0 Å². The van der Waals surface area contributed by atoms with Crippen molar-refractivity contribution >= 4 is 50.8 Å². The normalized spacial score (nSPS) is 14.8. The number of benzene rings is 1. The third-order valence-corrected chi connectivity index (χ3v) is 7.20. The monoisotopic (exact) mass is 720 g/mol. The smallest absolute Gasteiger partial charge is 0.281 e. The number of fused-ring (bicyclic) bond motifs is 6. The van der Waals surface area contributed by atoms with Crippen LogP contribution in [0.15, 0.2) is 34.2 Å². The van der Waals surface area contributed by atoms with Gasteiger partial charge in [-0.05, 0) is 0 Å². The van der Waals surface area contributed by atoms with Crippen LogP contribution in [0.5, 0.6) is 0 Å². The molecular formula is C30F12N6O3. The van der Waals surface area contributed by atoms with Crippen LogP contribution in [0.2, 0.25) is 0 Å². The summed E-state index contributed by atoms with van der Waals surface area (Å²) >= 11 is 0. The molecule has 0 aliphatic heterocycles. The van der Waals surface area contributed by atoms with Crippen LogP contribution in [-0.2, 0) is 14.4 Å². The average molecular weight is 720 g/mol. The highest BCUT2D eigenvalue weighted by molar-refractivity contribution is 6.14. The topological polar surface area (TPSA) is 194 Å². The zero-order valence-corrected chi connectivity index (χ0v) is 23.4. The lowest BCUT2D eigenvalue weighted by molar-refractivity contribution is -0.168. The average Bonchev–Trinajstić information content (AvgIpc) is 3.68. The molecule has 0 atom stereocenters. The molecule has 3 aliphatic rings. The maximum atomic E-state index is 15.4. The first-order chi connectivity index (χ1) is 23.5. The zero-order valence-electron chi connectivity index (χ0n) is 23.4. The Labute approximate surface area is 270 Å². The molecule has 0 N–H and O–H groups in total. The van der Waals surface area contributed by atoms with Gasteiger partial charge in [0.25, 0.3) is 17.3 Å². The van der Waals surface area contributed by atoms with Crippen molar-refractivity contribution in [2.24, 2.45) is 0 Å². The van der Waals surface area contributed by atoms with E-state index in [0.29, 0.717) is 0 Å². The number of hydrogen-bond acceptors (Lipinski definition) is 9. The fraction of sp³-hybridized carbons (Fsp3) is 0.100. The maximum absolute atomic E-state index is 15.4. The molecule has 9 nitrogen and oxygen atoms in total. The van der Waals surface area contributed by atoms with E-state index in [9.17, 15) is 85.5 Å². The van der Waals surface area contributed by atoms with Gasteiger partial charge in [-0.15, -0.1) is 0 Å². The van der Waals surface area contributed by atoms with E-state index in [1.807, 2.05) is 0 Å². The SMILES string of the molecule is N#CC1=c2c3c(c4c(c2=C(C#N)C1=C(F)C(=O)C(F)(F)F)=C(C#N)C(=C(F)C(=O)C(F)(F)F)C=4C#N)=C(C#N)C(=C(F)C(=O)C(F)(F)F)C=3C#N. The van der Waals surface area contributed by atoms with Crippen LogP contribution in [0.3, 0.4) is 0 Å². The molecule has 0 spiro atoms. The van der Waals surface area contributed by atoms with Gasteiger partial charge in [0.05, 0.1) is 50.2 Å². The summed E-state index contributed by atoms with van der Waals surface area (Å²) in [6, 6.07) is 6.26. The molecule has 4 rings (SSSR count). The molecule has 0 aromatic heterocycles. The molecule has 1 aromatic rings. The first kappa shape index (κ1) is 36.6. The van der Waals surface area contributed by atoms with Crippen molar-refractivity contribution in [1.29, 1.82) is 31.6 Å². The van der Waals surface area contributed by atoms with Gasteiger partial charge in [0.2, 0.25) is 0 Å². The summed E-state index contributed by atoms with van der Waals surface area (Å²) in [7, 11) is 0. The Morgan fingerprint density at radius 3 is 0.588 bits per heavy atom. The van der Waals surface area contributed by atoms with Crippen LogP contribution in [0.25, 0.3) is 33.4 Å². The molecule has 0 amide bonds. The molecule has 252 valence electrons. The second kappa shape index (κ2) is 11.7. The van der Waals surface area contributed by atoms with Gasteiger partial charge < -0.3 is 0 Å². The van der Waals surface area contributed by atoms with Gasteiger partial charge in [0.15, 0.2) is 17.5 Å². The molecule has 0 saturated heterocycles. The summed E-state index contributed by atoms with van der Waals surface area (Å²) in [5.74, 6) is -19.1. The van der Waals surface area contributed by atoms with Gasteiger partial charge in [0.1, 0.15) is 36.4 Å². The molecular weight excluding hydrogens is 720 g/mol. The Kier molecular flexibility index (Phi) is 8.42. The van der Waals surface area contributed by atoms with E-state index < -0.39 is 135 Å². The summed E-state index contributed by atoms with van der Waals surface area (Å²) < 4.78 is 166. The number of carbonyl (C=O) groups excluding carboxylic acids is 3. The fourth-order valence-corrected chi connectivity index (χ4v) is 5.42. The summed E-state index contributed by atoms with van der Waals surface area (Å²) in [6.45, 7) is 0. The van der Waals surface area contributed by atoms with Crippen molar-refractivity contribution in [3.8, 4) is 36.4 Å². The van der Waals surface area contributed by atoms with Gasteiger partial charge in [-0.1, -0.05) is 0 Å².